The molecule has 0 saturated heterocycles. The maximum atomic E-state index is 12.1. The maximum absolute atomic E-state index is 12.1. The van der Waals surface area contributed by atoms with Gasteiger partial charge in [0.25, 0.3) is 5.91 Å². The number of amides is 1. The summed E-state index contributed by atoms with van der Waals surface area (Å²) < 4.78 is 0. The zero-order valence-corrected chi connectivity index (χ0v) is 11.6. The van der Waals surface area contributed by atoms with E-state index in [1.54, 1.807) is 25.3 Å². The van der Waals surface area contributed by atoms with Crippen molar-refractivity contribution in [2.45, 2.75) is 20.3 Å². The number of thiazole rings is 1. The van der Waals surface area contributed by atoms with Crippen molar-refractivity contribution in [3.05, 3.63) is 40.2 Å². The molecule has 0 atom stereocenters. The molecule has 0 aromatic carbocycles. The first-order valence-electron chi connectivity index (χ1n) is 5.92. The molecule has 0 aliphatic heterocycles. The van der Waals surface area contributed by atoms with Crippen molar-refractivity contribution in [3.63, 3.8) is 0 Å². The number of nitrogens with zero attached hydrogens (tertiary/aromatic N) is 2. The molecule has 0 aliphatic rings. The van der Waals surface area contributed by atoms with Crippen LogP contribution in [0.4, 0.5) is 5.13 Å². The molecule has 5 nitrogen and oxygen atoms in total. The Bertz CT molecular complexity index is 595. The molecule has 6 heteroatoms. The molecule has 2 rings (SSSR count). The summed E-state index contributed by atoms with van der Waals surface area (Å²) in [6.07, 6.45) is 2.21. The molecule has 0 fully saturated rings. The minimum Gasteiger partial charge on any atom is -0.396 e. The molecule has 2 aromatic rings. The average molecular weight is 277 g/mol. The Balaban J connectivity index is 2.15. The third kappa shape index (κ3) is 3.15. The highest BCUT2D eigenvalue weighted by atomic mass is 32.1. The van der Waals surface area contributed by atoms with E-state index in [0.29, 0.717) is 22.8 Å². The topological polar surface area (TPSA) is 75.1 Å². The summed E-state index contributed by atoms with van der Waals surface area (Å²) >= 11 is 1.39. The molecule has 1 amide bonds. The molecule has 2 aromatic heterocycles. The minimum absolute atomic E-state index is 0.0815. The molecule has 0 unspecified atom stereocenters. The average Bonchev–Trinajstić information content (AvgIpc) is 2.70. The van der Waals surface area contributed by atoms with Gasteiger partial charge < -0.3 is 5.11 Å². The Morgan fingerprint density at radius 1 is 1.42 bits per heavy atom. The van der Waals surface area contributed by atoms with E-state index in [4.69, 9.17) is 5.11 Å². The van der Waals surface area contributed by atoms with Crippen LogP contribution in [0.5, 0.6) is 0 Å². The van der Waals surface area contributed by atoms with Crippen molar-refractivity contribution in [3.8, 4) is 0 Å². The molecule has 0 bridgehead atoms. The number of aryl methyl sites for hydroxylation is 2. The molecule has 0 radical (unpaired) electrons. The van der Waals surface area contributed by atoms with Crippen LogP contribution in [0.2, 0.25) is 0 Å². The number of carbonyl (C=O) groups excluding carboxylic acids is 1. The van der Waals surface area contributed by atoms with Crippen molar-refractivity contribution in [1.29, 1.82) is 0 Å². The number of aliphatic hydroxyl groups is 1. The van der Waals surface area contributed by atoms with E-state index in [9.17, 15) is 4.79 Å². The fraction of sp³-hybridized carbons (Fsp3) is 0.308. The monoisotopic (exact) mass is 277 g/mol. The third-order valence-electron chi connectivity index (χ3n) is 2.70. The van der Waals surface area contributed by atoms with Crippen LogP contribution in [-0.2, 0) is 6.42 Å². The second-order valence-electron chi connectivity index (χ2n) is 4.09. The lowest BCUT2D eigenvalue weighted by molar-refractivity contribution is 0.102. The van der Waals surface area contributed by atoms with Crippen LogP contribution >= 0.6 is 11.3 Å². The summed E-state index contributed by atoms with van der Waals surface area (Å²) in [5.41, 5.74) is 2.07. The van der Waals surface area contributed by atoms with Gasteiger partial charge in [-0.2, -0.15) is 0 Å². The molecule has 0 spiro atoms. The number of nitrogens with one attached hydrogen (secondary N) is 1. The lowest BCUT2D eigenvalue weighted by Gasteiger charge is -2.03. The third-order valence-corrected chi connectivity index (χ3v) is 3.84. The summed E-state index contributed by atoms with van der Waals surface area (Å²) in [5.74, 6) is -0.213. The van der Waals surface area contributed by atoms with Crippen molar-refractivity contribution in [2.75, 3.05) is 11.9 Å². The van der Waals surface area contributed by atoms with Gasteiger partial charge in [0.2, 0.25) is 0 Å². The SMILES string of the molecule is Cc1ncccc1C(=O)Nc1nc(C)c(CCO)s1. The Labute approximate surface area is 115 Å². The summed E-state index contributed by atoms with van der Waals surface area (Å²) in [4.78, 5) is 21.4. The highest BCUT2D eigenvalue weighted by molar-refractivity contribution is 7.15. The van der Waals surface area contributed by atoms with Gasteiger partial charge in [-0.05, 0) is 26.0 Å². The Kier molecular flexibility index (Phi) is 4.24. The first-order chi connectivity index (χ1) is 9.11. The van der Waals surface area contributed by atoms with Crippen molar-refractivity contribution in [2.24, 2.45) is 0 Å². The van der Waals surface area contributed by atoms with Crippen molar-refractivity contribution < 1.29 is 9.90 Å². The van der Waals surface area contributed by atoms with Crippen LogP contribution in [0.15, 0.2) is 18.3 Å². The number of pyridine rings is 1. The van der Waals surface area contributed by atoms with Crippen LogP contribution in [-0.4, -0.2) is 27.6 Å². The lowest BCUT2D eigenvalue weighted by Crippen LogP contribution is -2.13. The molecule has 0 aliphatic carbocycles. The summed E-state index contributed by atoms with van der Waals surface area (Å²) in [6, 6.07) is 3.46. The van der Waals surface area contributed by atoms with Crippen molar-refractivity contribution >= 4 is 22.4 Å². The number of aromatic nitrogens is 2. The summed E-state index contributed by atoms with van der Waals surface area (Å²) in [7, 11) is 0. The first-order valence-corrected chi connectivity index (χ1v) is 6.73. The zero-order chi connectivity index (χ0) is 13.8. The molecule has 2 N–H and O–H groups in total. The second-order valence-corrected chi connectivity index (χ2v) is 5.18. The van der Waals surface area contributed by atoms with Crippen LogP contribution in [0.1, 0.15) is 26.6 Å². The van der Waals surface area contributed by atoms with E-state index in [0.717, 1.165) is 10.6 Å². The minimum atomic E-state index is -0.213. The number of aliphatic hydroxyl groups excluding tert-OH is 1. The molecule has 2 heterocycles. The van der Waals surface area contributed by atoms with E-state index in [-0.39, 0.29) is 12.5 Å². The van der Waals surface area contributed by atoms with Gasteiger partial charge in [0.15, 0.2) is 5.13 Å². The second kappa shape index (κ2) is 5.90. The van der Waals surface area contributed by atoms with Gasteiger partial charge >= 0.3 is 0 Å². The summed E-state index contributed by atoms with van der Waals surface area (Å²) in [5, 5.41) is 12.2. The molecular weight excluding hydrogens is 262 g/mol. The quantitative estimate of drug-likeness (QED) is 0.895. The molecule has 0 saturated carbocycles. The van der Waals surface area contributed by atoms with E-state index in [2.05, 4.69) is 15.3 Å². The highest BCUT2D eigenvalue weighted by Gasteiger charge is 2.13. The summed E-state index contributed by atoms with van der Waals surface area (Å²) in [6.45, 7) is 3.74. The first kappa shape index (κ1) is 13.6. The Morgan fingerprint density at radius 2 is 2.21 bits per heavy atom. The van der Waals surface area contributed by atoms with Crippen LogP contribution in [0.3, 0.4) is 0 Å². The van der Waals surface area contributed by atoms with Gasteiger partial charge in [-0.25, -0.2) is 4.98 Å². The van der Waals surface area contributed by atoms with Crippen LogP contribution in [0, 0.1) is 13.8 Å². The fourth-order valence-electron chi connectivity index (χ4n) is 1.70. The number of carbonyl (C=O) groups is 1. The predicted molar refractivity (Wildman–Crippen MR) is 74.6 cm³/mol. The van der Waals surface area contributed by atoms with E-state index >= 15 is 0 Å². The van der Waals surface area contributed by atoms with Gasteiger partial charge in [-0.3, -0.25) is 15.1 Å². The normalized spacial score (nSPS) is 10.5. The van der Waals surface area contributed by atoms with Gasteiger partial charge in [-0.15, -0.1) is 11.3 Å². The predicted octanol–water partition coefficient (Wildman–Crippen LogP) is 1.94. The number of anilines is 1. The Hall–Kier alpha value is -1.79. The highest BCUT2D eigenvalue weighted by Crippen LogP contribution is 2.23. The number of hydrogen-bond donors (Lipinski definition) is 2. The van der Waals surface area contributed by atoms with E-state index in [1.165, 1.54) is 11.3 Å². The zero-order valence-electron chi connectivity index (χ0n) is 10.8. The van der Waals surface area contributed by atoms with Gasteiger partial charge in [0, 0.05) is 29.8 Å². The largest absolute Gasteiger partial charge is 0.396 e. The standard InChI is InChI=1S/C13H15N3O2S/c1-8-10(4-3-6-14-8)12(18)16-13-15-9(2)11(19-13)5-7-17/h3-4,6,17H,5,7H2,1-2H3,(H,15,16,18). The van der Waals surface area contributed by atoms with Gasteiger partial charge in [-0.1, -0.05) is 0 Å². The van der Waals surface area contributed by atoms with Gasteiger partial charge in [0.05, 0.1) is 11.3 Å². The smallest absolute Gasteiger partial charge is 0.259 e. The number of rotatable bonds is 4. The van der Waals surface area contributed by atoms with Crippen molar-refractivity contribution in [1.82, 2.24) is 9.97 Å². The fourth-order valence-corrected chi connectivity index (χ4v) is 2.65. The maximum Gasteiger partial charge on any atom is 0.259 e. The van der Waals surface area contributed by atoms with E-state index < -0.39 is 0 Å². The van der Waals surface area contributed by atoms with Gasteiger partial charge in [0.1, 0.15) is 0 Å². The molecule has 100 valence electrons. The van der Waals surface area contributed by atoms with Crippen LogP contribution < -0.4 is 5.32 Å². The number of hydrogen-bond acceptors (Lipinski definition) is 5. The van der Waals surface area contributed by atoms with Crippen LogP contribution in [0.25, 0.3) is 0 Å². The molecular formula is C13H15N3O2S. The lowest BCUT2D eigenvalue weighted by atomic mass is 10.2. The Morgan fingerprint density at radius 3 is 2.89 bits per heavy atom. The van der Waals surface area contributed by atoms with E-state index in [1.807, 2.05) is 6.92 Å². The molecule has 19 heavy (non-hydrogen) atoms.